The molecule has 0 aliphatic carbocycles. The lowest BCUT2D eigenvalue weighted by Gasteiger charge is -2.32. The Morgan fingerprint density at radius 2 is 1.72 bits per heavy atom. The van der Waals surface area contributed by atoms with E-state index in [0.717, 1.165) is 33.4 Å². The standard InChI is InChI=1S/C28H31BFNO5/c1-7-34-26(32)23-16-21(17-8-10-19(30)11-9-17)25-20-15-22(29-35-27(2,3)28(4,5)36-29)24(33-6)14-18(20)12-13-31(23)25/h8-11,14-16H,7,12-13H2,1-6H3. The Morgan fingerprint density at radius 3 is 2.33 bits per heavy atom. The van der Waals surface area contributed by atoms with Crippen molar-refractivity contribution in [3.63, 3.8) is 0 Å². The molecule has 6 nitrogen and oxygen atoms in total. The average Bonchev–Trinajstić information content (AvgIpc) is 3.33. The molecule has 0 spiro atoms. The van der Waals surface area contributed by atoms with Crippen molar-refractivity contribution in [2.45, 2.75) is 58.8 Å². The molecule has 8 heteroatoms. The fraction of sp³-hybridized carbons (Fsp3) is 0.393. The van der Waals surface area contributed by atoms with Crippen LogP contribution in [0.3, 0.4) is 0 Å². The number of rotatable bonds is 5. The number of aromatic nitrogens is 1. The molecule has 0 atom stereocenters. The van der Waals surface area contributed by atoms with Gasteiger partial charge in [-0.15, -0.1) is 0 Å². The Morgan fingerprint density at radius 1 is 1.06 bits per heavy atom. The van der Waals surface area contributed by atoms with E-state index in [1.54, 1.807) is 26.2 Å². The van der Waals surface area contributed by atoms with Crippen LogP contribution in [0.5, 0.6) is 5.75 Å². The van der Waals surface area contributed by atoms with Gasteiger partial charge in [0.25, 0.3) is 0 Å². The third-order valence-electron chi connectivity index (χ3n) is 7.56. The molecule has 0 amide bonds. The van der Waals surface area contributed by atoms with Crippen LogP contribution in [0.2, 0.25) is 0 Å². The zero-order valence-corrected chi connectivity index (χ0v) is 21.6. The van der Waals surface area contributed by atoms with E-state index in [1.807, 2.05) is 50.5 Å². The van der Waals surface area contributed by atoms with Gasteiger partial charge in [0.15, 0.2) is 0 Å². The quantitative estimate of drug-likeness (QED) is 0.372. The summed E-state index contributed by atoms with van der Waals surface area (Å²) in [4.78, 5) is 12.9. The lowest BCUT2D eigenvalue weighted by molar-refractivity contribution is 0.00578. The summed E-state index contributed by atoms with van der Waals surface area (Å²) in [7, 11) is 1.03. The highest BCUT2D eigenvalue weighted by atomic mass is 19.1. The number of ether oxygens (including phenoxy) is 2. The van der Waals surface area contributed by atoms with Crippen LogP contribution in [-0.4, -0.2) is 42.6 Å². The molecular weight excluding hydrogens is 460 g/mol. The maximum atomic E-state index is 13.7. The van der Waals surface area contributed by atoms with Crippen molar-refractivity contribution in [2.75, 3.05) is 13.7 Å². The van der Waals surface area contributed by atoms with Gasteiger partial charge in [0.1, 0.15) is 17.3 Å². The summed E-state index contributed by atoms with van der Waals surface area (Å²) in [5.41, 5.74) is 4.84. The Labute approximate surface area is 211 Å². The highest BCUT2D eigenvalue weighted by Gasteiger charge is 2.52. The maximum absolute atomic E-state index is 13.7. The summed E-state index contributed by atoms with van der Waals surface area (Å²) in [6, 6.07) is 12.2. The third kappa shape index (κ3) is 3.93. The van der Waals surface area contributed by atoms with E-state index in [1.165, 1.54) is 12.1 Å². The van der Waals surface area contributed by atoms with Crippen molar-refractivity contribution >= 4 is 18.6 Å². The molecule has 5 rings (SSSR count). The summed E-state index contributed by atoms with van der Waals surface area (Å²) in [6.07, 6.45) is 0.715. The first-order chi connectivity index (χ1) is 17.1. The molecule has 0 radical (unpaired) electrons. The zero-order valence-electron chi connectivity index (χ0n) is 21.6. The predicted molar refractivity (Wildman–Crippen MR) is 137 cm³/mol. The van der Waals surface area contributed by atoms with Crippen molar-refractivity contribution in [1.82, 2.24) is 4.57 Å². The number of hydrogen-bond donors (Lipinski definition) is 0. The van der Waals surface area contributed by atoms with Crippen LogP contribution in [0, 0.1) is 5.82 Å². The second-order valence-corrected chi connectivity index (χ2v) is 10.3. The van der Waals surface area contributed by atoms with E-state index >= 15 is 0 Å². The number of benzene rings is 2. The number of halogens is 1. The van der Waals surface area contributed by atoms with Crippen LogP contribution < -0.4 is 10.2 Å². The summed E-state index contributed by atoms with van der Waals surface area (Å²) < 4.78 is 39.6. The molecule has 1 aromatic heterocycles. The Kier molecular flexibility index (Phi) is 6.00. The van der Waals surface area contributed by atoms with Gasteiger partial charge in [-0.25, -0.2) is 9.18 Å². The first-order valence-corrected chi connectivity index (χ1v) is 12.3. The molecule has 0 saturated carbocycles. The van der Waals surface area contributed by atoms with E-state index < -0.39 is 18.3 Å². The van der Waals surface area contributed by atoms with Crippen molar-refractivity contribution < 1.29 is 28.0 Å². The molecule has 0 bridgehead atoms. The zero-order chi connectivity index (χ0) is 25.8. The highest BCUT2D eigenvalue weighted by molar-refractivity contribution is 6.63. The van der Waals surface area contributed by atoms with Gasteiger partial charge in [0.2, 0.25) is 0 Å². The molecule has 3 heterocycles. The fourth-order valence-corrected chi connectivity index (χ4v) is 4.92. The summed E-state index contributed by atoms with van der Waals surface area (Å²) >= 11 is 0. The fourth-order valence-electron chi connectivity index (χ4n) is 4.92. The molecule has 1 saturated heterocycles. The lowest BCUT2D eigenvalue weighted by atomic mass is 9.75. The minimum atomic E-state index is -0.612. The van der Waals surface area contributed by atoms with Gasteiger partial charge in [-0.2, -0.15) is 0 Å². The predicted octanol–water partition coefficient (Wildman–Crippen LogP) is 5.00. The monoisotopic (exact) mass is 491 g/mol. The molecule has 0 N–H and O–H groups in total. The SMILES string of the molecule is CCOC(=O)c1cc(-c2ccc(F)cc2)c2n1CCc1cc(OC)c(B3OC(C)(C)C(C)(C)O3)cc1-2. The van der Waals surface area contributed by atoms with E-state index in [9.17, 15) is 9.18 Å². The maximum Gasteiger partial charge on any atom is 0.498 e. The Balaban J connectivity index is 1.71. The normalized spacial score (nSPS) is 17.5. The molecule has 2 aliphatic heterocycles. The molecular formula is C28H31BFNO5. The number of esters is 1. The molecule has 1 fully saturated rings. The van der Waals surface area contributed by atoms with Gasteiger partial charge in [0, 0.05) is 23.1 Å². The minimum absolute atomic E-state index is 0.283. The largest absolute Gasteiger partial charge is 0.498 e. The summed E-state index contributed by atoms with van der Waals surface area (Å²) in [5.74, 6) is 0.00193. The lowest BCUT2D eigenvalue weighted by Crippen LogP contribution is -2.41. The number of aryl methyl sites for hydroxylation is 1. The van der Waals surface area contributed by atoms with E-state index in [2.05, 4.69) is 0 Å². The number of fused-ring (bicyclic) bond motifs is 3. The minimum Gasteiger partial charge on any atom is -0.497 e. The topological polar surface area (TPSA) is 58.9 Å². The van der Waals surface area contributed by atoms with Crippen molar-refractivity contribution in [2.24, 2.45) is 0 Å². The Bertz CT molecular complexity index is 1310. The number of carbonyl (C=O) groups excluding carboxylic acids is 1. The van der Waals surface area contributed by atoms with Gasteiger partial charge in [-0.1, -0.05) is 12.1 Å². The Hall–Kier alpha value is -3.10. The first kappa shape index (κ1) is 24.6. The van der Waals surface area contributed by atoms with E-state index in [-0.39, 0.29) is 18.4 Å². The van der Waals surface area contributed by atoms with E-state index in [4.69, 9.17) is 18.8 Å². The summed E-state index contributed by atoms with van der Waals surface area (Å²) in [6.45, 7) is 10.7. The van der Waals surface area contributed by atoms with Crippen molar-refractivity contribution in [3.05, 3.63) is 59.5 Å². The van der Waals surface area contributed by atoms with Crippen LogP contribution in [0.25, 0.3) is 22.4 Å². The van der Waals surface area contributed by atoms with Crippen LogP contribution in [-0.2, 0) is 27.0 Å². The van der Waals surface area contributed by atoms with Gasteiger partial charge in [-0.3, -0.25) is 0 Å². The molecule has 2 aliphatic rings. The van der Waals surface area contributed by atoms with Gasteiger partial charge >= 0.3 is 13.1 Å². The average molecular weight is 491 g/mol. The van der Waals surface area contributed by atoms with Crippen LogP contribution in [0.15, 0.2) is 42.5 Å². The second-order valence-electron chi connectivity index (χ2n) is 10.3. The second kappa shape index (κ2) is 8.78. The van der Waals surface area contributed by atoms with E-state index in [0.29, 0.717) is 24.4 Å². The smallest absolute Gasteiger partial charge is 0.497 e. The van der Waals surface area contributed by atoms with Gasteiger partial charge in [-0.05, 0) is 82.5 Å². The molecule has 2 aromatic carbocycles. The molecule has 188 valence electrons. The molecule has 3 aromatic rings. The number of nitrogens with zero attached hydrogens (tertiary/aromatic N) is 1. The van der Waals surface area contributed by atoms with Crippen molar-refractivity contribution in [1.29, 1.82) is 0 Å². The number of carbonyl (C=O) groups is 1. The van der Waals surface area contributed by atoms with Gasteiger partial charge < -0.3 is 23.3 Å². The van der Waals surface area contributed by atoms with Crippen LogP contribution in [0.4, 0.5) is 4.39 Å². The summed E-state index contributed by atoms with van der Waals surface area (Å²) in [5, 5.41) is 0. The molecule has 36 heavy (non-hydrogen) atoms. The number of hydrogen-bond acceptors (Lipinski definition) is 5. The molecule has 0 unspecified atom stereocenters. The van der Waals surface area contributed by atoms with Crippen LogP contribution >= 0.6 is 0 Å². The third-order valence-corrected chi connectivity index (χ3v) is 7.56. The van der Waals surface area contributed by atoms with Crippen LogP contribution in [0.1, 0.15) is 50.7 Å². The van der Waals surface area contributed by atoms with Crippen molar-refractivity contribution in [3.8, 4) is 28.1 Å². The highest BCUT2D eigenvalue weighted by Crippen LogP contribution is 2.42. The van der Waals surface area contributed by atoms with Gasteiger partial charge in [0.05, 0.1) is 30.6 Å². The number of methoxy groups -OCH3 is 1. The first-order valence-electron chi connectivity index (χ1n) is 12.3.